The Labute approximate surface area is 129 Å². The van der Waals surface area contributed by atoms with Crippen molar-refractivity contribution >= 4 is 28.6 Å². The molecule has 0 aromatic carbocycles. The van der Waals surface area contributed by atoms with E-state index in [0.29, 0.717) is 0 Å². The summed E-state index contributed by atoms with van der Waals surface area (Å²) in [6, 6.07) is 0. The number of rotatable bonds is 9. The van der Waals surface area contributed by atoms with Crippen molar-refractivity contribution in [2.45, 2.75) is 25.5 Å². The molecule has 0 fully saturated rings. The van der Waals surface area contributed by atoms with Crippen LogP contribution in [-0.2, 0) is 17.5 Å². The van der Waals surface area contributed by atoms with E-state index in [1.54, 1.807) is 11.8 Å². The van der Waals surface area contributed by atoms with Gasteiger partial charge in [-0.1, -0.05) is 6.92 Å². The predicted octanol–water partition coefficient (Wildman–Crippen LogP) is 2.45. The molecule has 2 aromatic heterocycles. The average molecular weight is 309 g/mol. The van der Waals surface area contributed by atoms with Gasteiger partial charge in [0, 0.05) is 27.3 Å². The normalized spacial score (nSPS) is 11.2. The Kier molecular flexibility index (Phi) is 6.25. The Balaban J connectivity index is 2.09. The zero-order chi connectivity index (χ0) is 15.1. The van der Waals surface area contributed by atoms with E-state index in [-0.39, 0.29) is 0 Å². The highest BCUT2D eigenvalue weighted by Gasteiger charge is 2.11. The van der Waals surface area contributed by atoms with Crippen molar-refractivity contribution in [2.24, 2.45) is 7.05 Å². The molecule has 0 aliphatic heterocycles. The Morgan fingerprint density at radius 1 is 1.38 bits per heavy atom. The molecule has 0 spiro atoms. The topological polar surface area (TPSA) is 64.9 Å². The molecule has 0 radical (unpaired) electrons. The molecule has 0 aliphatic carbocycles. The van der Waals surface area contributed by atoms with Crippen LogP contribution in [0.15, 0.2) is 6.20 Å². The minimum Gasteiger partial charge on any atom is -0.385 e. The summed E-state index contributed by atoms with van der Waals surface area (Å²) in [5, 5.41) is 8.63. The highest BCUT2D eigenvalue weighted by Crippen LogP contribution is 2.21. The summed E-state index contributed by atoms with van der Waals surface area (Å²) in [6.07, 6.45) is 3.94. The van der Waals surface area contributed by atoms with Gasteiger partial charge in [0.25, 0.3) is 0 Å². The fourth-order valence-electron chi connectivity index (χ4n) is 1.98. The van der Waals surface area contributed by atoms with Crippen molar-refractivity contribution in [3.05, 3.63) is 12.0 Å². The summed E-state index contributed by atoms with van der Waals surface area (Å²) < 4.78 is 6.85. The summed E-state index contributed by atoms with van der Waals surface area (Å²) in [4.78, 5) is 9.26. The molecule has 6 nitrogen and oxygen atoms in total. The minimum atomic E-state index is 0.804. The highest BCUT2D eigenvalue weighted by atomic mass is 32.2. The Morgan fingerprint density at radius 3 is 3.00 bits per heavy atom. The lowest BCUT2D eigenvalue weighted by Crippen LogP contribution is -2.06. The number of fused-ring (bicyclic) bond motifs is 1. The zero-order valence-corrected chi connectivity index (χ0v) is 13.7. The third-order valence-electron chi connectivity index (χ3n) is 3.05. The van der Waals surface area contributed by atoms with Crippen LogP contribution < -0.4 is 5.32 Å². The van der Waals surface area contributed by atoms with E-state index in [1.807, 2.05) is 25.0 Å². The second-order valence-electron chi connectivity index (χ2n) is 4.82. The number of thioether (sulfide) groups is 1. The van der Waals surface area contributed by atoms with Crippen molar-refractivity contribution in [3.8, 4) is 0 Å². The third kappa shape index (κ3) is 4.31. The molecule has 21 heavy (non-hydrogen) atoms. The maximum atomic E-state index is 5.05. The number of hydrogen-bond donors (Lipinski definition) is 1. The van der Waals surface area contributed by atoms with Gasteiger partial charge in [-0.05, 0) is 18.6 Å². The monoisotopic (exact) mass is 309 g/mol. The summed E-state index contributed by atoms with van der Waals surface area (Å²) >= 11 is 1.83. The first kappa shape index (κ1) is 16.0. The van der Waals surface area contributed by atoms with Crippen molar-refractivity contribution in [2.75, 3.05) is 31.3 Å². The third-order valence-corrected chi connectivity index (χ3v) is 4.09. The van der Waals surface area contributed by atoms with E-state index in [4.69, 9.17) is 4.74 Å². The number of anilines is 1. The van der Waals surface area contributed by atoms with E-state index in [1.165, 1.54) is 0 Å². The second kappa shape index (κ2) is 8.19. The van der Waals surface area contributed by atoms with Gasteiger partial charge in [0.1, 0.15) is 11.6 Å². The average Bonchev–Trinajstić information content (AvgIpc) is 2.86. The molecule has 0 unspecified atom stereocenters. The van der Waals surface area contributed by atoms with Gasteiger partial charge in [0.05, 0.1) is 17.3 Å². The largest absolute Gasteiger partial charge is 0.385 e. The SMILES string of the molecule is CCCNc1nc(CSCCCOC)nc2c1cnn2C. The molecule has 7 heteroatoms. The summed E-state index contributed by atoms with van der Waals surface area (Å²) in [6.45, 7) is 3.85. The number of ether oxygens (including phenoxy) is 1. The molecular formula is C14H23N5OS. The van der Waals surface area contributed by atoms with E-state index in [2.05, 4.69) is 27.3 Å². The van der Waals surface area contributed by atoms with Crippen LogP contribution in [0.5, 0.6) is 0 Å². The Morgan fingerprint density at radius 2 is 2.24 bits per heavy atom. The lowest BCUT2D eigenvalue weighted by molar-refractivity contribution is 0.200. The van der Waals surface area contributed by atoms with Crippen molar-refractivity contribution < 1.29 is 4.74 Å². The van der Waals surface area contributed by atoms with Crippen LogP contribution in [0.4, 0.5) is 5.82 Å². The number of methoxy groups -OCH3 is 1. The predicted molar refractivity (Wildman–Crippen MR) is 87.7 cm³/mol. The Hall–Kier alpha value is -1.34. The van der Waals surface area contributed by atoms with Crippen LogP contribution in [0, 0.1) is 0 Å². The number of nitrogens with one attached hydrogen (secondary N) is 1. The van der Waals surface area contributed by atoms with Gasteiger partial charge in [0.2, 0.25) is 0 Å². The lowest BCUT2D eigenvalue weighted by Gasteiger charge is -2.08. The smallest absolute Gasteiger partial charge is 0.163 e. The van der Waals surface area contributed by atoms with Gasteiger partial charge in [-0.3, -0.25) is 4.68 Å². The molecule has 1 N–H and O–H groups in total. The quantitative estimate of drug-likeness (QED) is 0.718. The summed E-state index contributed by atoms with van der Waals surface area (Å²) in [7, 11) is 3.64. The minimum absolute atomic E-state index is 0.804. The van der Waals surface area contributed by atoms with Gasteiger partial charge >= 0.3 is 0 Å². The van der Waals surface area contributed by atoms with Gasteiger partial charge < -0.3 is 10.1 Å². The maximum Gasteiger partial charge on any atom is 0.163 e. The molecular weight excluding hydrogens is 286 g/mol. The van der Waals surface area contributed by atoms with E-state index in [9.17, 15) is 0 Å². The summed E-state index contributed by atoms with van der Waals surface area (Å²) in [5.74, 6) is 3.61. The van der Waals surface area contributed by atoms with Crippen molar-refractivity contribution in [1.29, 1.82) is 0 Å². The fraction of sp³-hybridized carbons (Fsp3) is 0.643. The number of hydrogen-bond acceptors (Lipinski definition) is 6. The summed E-state index contributed by atoms with van der Waals surface area (Å²) in [5.41, 5.74) is 0.885. The molecule has 2 rings (SSSR count). The Bertz CT molecular complexity index is 572. The van der Waals surface area contributed by atoms with E-state index < -0.39 is 0 Å². The van der Waals surface area contributed by atoms with Crippen LogP contribution in [0.2, 0.25) is 0 Å². The fourth-order valence-corrected chi connectivity index (χ4v) is 2.76. The number of aromatic nitrogens is 4. The maximum absolute atomic E-state index is 5.05. The molecule has 2 heterocycles. The first-order valence-corrected chi connectivity index (χ1v) is 8.41. The second-order valence-corrected chi connectivity index (χ2v) is 5.92. The van der Waals surface area contributed by atoms with Crippen LogP contribution in [0.3, 0.4) is 0 Å². The van der Waals surface area contributed by atoms with Crippen LogP contribution in [0.1, 0.15) is 25.6 Å². The first-order chi connectivity index (χ1) is 10.3. The molecule has 116 valence electrons. The van der Waals surface area contributed by atoms with Gasteiger partial charge in [-0.15, -0.1) is 0 Å². The lowest BCUT2D eigenvalue weighted by atomic mass is 10.3. The molecule has 0 aliphatic rings. The molecule has 0 amide bonds. The zero-order valence-electron chi connectivity index (χ0n) is 12.9. The van der Waals surface area contributed by atoms with E-state index in [0.717, 1.165) is 60.2 Å². The molecule has 0 atom stereocenters. The standard InChI is InChI=1S/C14H23N5OS/c1-4-6-15-13-11-9-16-19(2)14(11)18-12(17-13)10-21-8-5-7-20-3/h9H,4-8,10H2,1-3H3,(H,15,17,18). The molecule has 2 aromatic rings. The van der Waals surface area contributed by atoms with Crippen molar-refractivity contribution in [1.82, 2.24) is 19.7 Å². The van der Waals surface area contributed by atoms with E-state index >= 15 is 0 Å². The number of aryl methyl sites for hydroxylation is 1. The van der Waals surface area contributed by atoms with Crippen LogP contribution in [0.25, 0.3) is 11.0 Å². The first-order valence-electron chi connectivity index (χ1n) is 7.25. The molecule has 0 saturated heterocycles. The van der Waals surface area contributed by atoms with Gasteiger partial charge in [-0.2, -0.15) is 16.9 Å². The highest BCUT2D eigenvalue weighted by molar-refractivity contribution is 7.98. The number of nitrogens with zero attached hydrogens (tertiary/aromatic N) is 4. The van der Waals surface area contributed by atoms with Gasteiger partial charge in [-0.25, -0.2) is 9.97 Å². The van der Waals surface area contributed by atoms with Gasteiger partial charge in [0.15, 0.2) is 5.65 Å². The molecule has 0 bridgehead atoms. The van der Waals surface area contributed by atoms with Crippen LogP contribution in [-0.4, -0.2) is 45.8 Å². The van der Waals surface area contributed by atoms with Crippen molar-refractivity contribution in [3.63, 3.8) is 0 Å². The van der Waals surface area contributed by atoms with Crippen LogP contribution >= 0.6 is 11.8 Å². The molecule has 0 saturated carbocycles.